The number of benzene rings is 1. The van der Waals surface area contributed by atoms with Gasteiger partial charge in [-0.2, -0.15) is 0 Å². The van der Waals surface area contributed by atoms with Gasteiger partial charge in [-0.05, 0) is 36.8 Å². The van der Waals surface area contributed by atoms with Crippen molar-refractivity contribution in [1.82, 2.24) is 0 Å². The molecule has 96 valence electrons. The summed E-state index contributed by atoms with van der Waals surface area (Å²) in [5, 5.41) is 5.02. The predicted octanol–water partition coefficient (Wildman–Crippen LogP) is 1.87. The van der Waals surface area contributed by atoms with Crippen LogP contribution in [0.4, 0.5) is 0 Å². The van der Waals surface area contributed by atoms with Crippen molar-refractivity contribution >= 4 is 32.2 Å². The number of nitrogens with two attached hydrogens (primary N) is 1. The van der Waals surface area contributed by atoms with Gasteiger partial charge in [-0.1, -0.05) is 12.1 Å². The largest absolute Gasteiger partial charge is 0.248 e. The van der Waals surface area contributed by atoms with Crippen molar-refractivity contribution in [3.8, 4) is 0 Å². The van der Waals surface area contributed by atoms with Gasteiger partial charge >= 0.3 is 0 Å². The molecule has 0 saturated heterocycles. The van der Waals surface area contributed by atoms with Gasteiger partial charge in [0.2, 0.25) is 10.0 Å². The Morgan fingerprint density at radius 2 is 1.94 bits per heavy atom. The Morgan fingerprint density at radius 1 is 1.22 bits per heavy atom. The molecule has 4 nitrogen and oxygen atoms in total. The molecule has 2 aromatic rings. The van der Waals surface area contributed by atoms with Crippen LogP contribution in [-0.4, -0.2) is 12.6 Å². The van der Waals surface area contributed by atoms with Crippen LogP contribution in [0.15, 0.2) is 49.7 Å². The molecule has 0 unspecified atom stereocenters. The third-order valence-corrected chi connectivity index (χ3v) is 6.43. The van der Waals surface area contributed by atoms with Gasteiger partial charge in [0, 0.05) is 4.90 Å². The molecule has 18 heavy (non-hydrogen) atoms. The zero-order valence-corrected chi connectivity index (χ0v) is 11.9. The number of thiophene rings is 1. The maximum atomic E-state index is 12.2. The first kappa shape index (κ1) is 13.4. The zero-order chi connectivity index (χ0) is 13.3. The Morgan fingerprint density at radius 3 is 2.50 bits per heavy atom. The minimum Gasteiger partial charge on any atom is -0.248 e. The average molecular weight is 301 g/mol. The first-order chi connectivity index (χ1) is 8.38. The molecule has 0 aliphatic rings. The Hall–Kier alpha value is -1.02. The second-order valence-electron chi connectivity index (χ2n) is 3.70. The maximum Gasteiger partial charge on any atom is 0.247 e. The van der Waals surface area contributed by atoms with Crippen LogP contribution in [0.2, 0.25) is 0 Å². The Kier molecular flexibility index (Phi) is 3.67. The number of hydrogen-bond acceptors (Lipinski definition) is 4. The molecule has 0 aliphatic heterocycles. The first-order valence-electron chi connectivity index (χ1n) is 4.99. The quantitative estimate of drug-likeness (QED) is 0.940. The third kappa shape index (κ3) is 2.86. The van der Waals surface area contributed by atoms with E-state index in [9.17, 15) is 12.6 Å². The van der Waals surface area contributed by atoms with Gasteiger partial charge in [0.15, 0.2) is 0 Å². The molecule has 1 aromatic heterocycles. The lowest BCUT2D eigenvalue weighted by Crippen LogP contribution is -2.09. The van der Waals surface area contributed by atoms with Gasteiger partial charge in [0.1, 0.15) is 4.21 Å². The summed E-state index contributed by atoms with van der Waals surface area (Å²) in [5.41, 5.74) is 1.00. The number of primary sulfonamides is 1. The molecule has 7 heteroatoms. The highest BCUT2D eigenvalue weighted by atomic mass is 32.3. The highest BCUT2D eigenvalue weighted by molar-refractivity contribution is 7.92. The third-order valence-electron chi connectivity index (χ3n) is 2.22. The summed E-state index contributed by atoms with van der Waals surface area (Å²) >= 11 is 0.935. The summed E-state index contributed by atoms with van der Waals surface area (Å²) in [6.07, 6.45) is 0. The van der Waals surface area contributed by atoms with Crippen LogP contribution in [0.3, 0.4) is 0 Å². The van der Waals surface area contributed by atoms with E-state index in [0.29, 0.717) is 9.10 Å². The highest BCUT2D eigenvalue weighted by Gasteiger charge is 2.15. The minimum atomic E-state index is -3.72. The van der Waals surface area contributed by atoms with Gasteiger partial charge in [0.25, 0.3) is 0 Å². The molecule has 2 rings (SSSR count). The number of sulfonamides is 1. The second kappa shape index (κ2) is 4.93. The summed E-state index contributed by atoms with van der Waals surface area (Å²) in [6, 6.07) is 10.2. The van der Waals surface area contributed by atoms with E-state index in [2.05, 4.69) is 0 Å². The van der Waals surface area contributed by atoms with Gasteiger partial charge in [0.05, 0.1) is 15.0 Å². The fourth-order valence-electron chi connectivity index (χ4n) is 1.40. The van der Waals surface area contributed by atoms with E-state index < -0.39 is 20.8 Å². The Bertz CT molecular complexity index is 704. The molecule has 0 amide bonds. The van der Waals surface area contributed by atoms with E-state index in [4.69, 9.17) is 5.14 Å². The zero-order valence-electron chi connectivity index (χ0n) is 9.49. The van der Waals surface area contributed by atoms with Crippen molar-refractivity contribution in [2.75, 3.05) is 0 Å². The standard InChI is InChI=1S/C11H11NO3S3/c1-8-3-2-4-9(7-8)17(13)10-5-6-11(16-10)18(12,14)15/h2-7H,1H3,(H2,12,14,15)/t17-/m0/s1. The predicted molar refractivity (Wildman–Crippen MR) is 71.5 cm³/mol. The minimum absolute atomic E-state index is 0.0264. The molecule has 0 radical (unpaired) electrons. The lowest BCUT2D eigenvalue weighted by atomic mass is 10.2. The van der Waals surface area contributed by atoms with Crippen molar-refractivity contribution in [3.63, 3.8) is 0 Å². The van der Waals surface area contributed by atoms with E-state index in [1.807, 2.05) is 25.1 Å². The SMILES string of the molecule is Cc1cccc([S@](=O)c2ccc(S(N)(=O)=O)s2)c1. The molecular formula is C11H11NO3S3. The summed E-state index contributed by atoms with van der Waals surface area (Å²) in [7, 11) is -5.09. The summed E-state index contributed by atoms with van der Waals surface area (Å²) in [6.45, 7) is 1.91. The number of hydrogen-bond donors (Lipinski definition) is 1. The van der Waals surface area contributed by atoms with Crippen molar-refractivity contribution in [3.05, 3.63) is 42.0 Å². The fourth-order valence-corrected chi connectivity index (χ4v) is 4.80. The van der Waals surface area contributed by atoms with E-state index in [0.717, 1.165) is 16.9 Å². The normalized spacial score (nSPS) is 13.4. The average Bonchev–Trinajstić information content (AvgIpc) is 2.77. The van der Waals surface area contributed by atoms with E-state index in [1.54, 1.807) is 6.07 Å². The second-order valence-corrected chi connectivity index (χ2v) is 8.28. The molecule has 2 N–H and O–H groups in total. The molecule has 1 aromatic carbocycles. The first-order valence-corrected chi connectivity index (χ1v) is 8.50. The van der Waals surface area contributed by atoms with E-state index in [1.165, 1.54) is 12.1 Å². The molecule has 0 fully saturated rings. The number of aryl methyl sites for hydroxylation is 1. The molecule has 1 heterocycles. The molecule has 0 bridgehead atoms. The van der Waals surface area contributed by atoms with Crippen molar-refractivity contribution in [1.29, 1.82) is 0 Å². The molecule has 0 spiro atoms. The van der Waals surface area contributed by atoms with Gasteiger partial charge in [-0.15, -0.1) is 11.3 Å². The van der Waals surface area contributed by atoms with E-state index >= 15 is 0 Å². The van der Waals surface area contributed by atoms with Crippen LogP contribution < -0.4 is 5.14 Å². The molecule has 1 atom stereocenters. The van der Waals surface area contributed by atoms with Crippen LogP contribution in [-0.2, 0) is 20.8 Å². The molecular weight excluding hydrogens is 290 g/mol. The van der Waals surface area contributed by atoms with Gasteiger partial charge < -0.3 is 0 Å². The fraction of sp³-hybridized carbons (Fsp3) is 0.0909. The van der Waals surface area contributed by atoms with Gasteiger partial charge in [-0.3, -0.25) is 0 Å². The van der Waals surface area contributed by atoms with Crippen molar-refractivity contribution in [2.24, 2.45) is 5.14 Å². The molecule has 0 saturated carbocycles. The van der Waals surface area contributed by atoms with Crippen molar-refractivity contribution in [2.45, 2.75) is 20.2 Å². The smallest absolute Gasteiger partial charge is 0.247 e. The monoisotopic (exact) mass is 301 g/mol. The summed E-state index contributed by atoms with van der Waals surface area (Å²) in [5.74, 6) is 0. The topological polar surface area (TPSA) is 77.2 Å². The van der Waals surface area contributed by atoms with Gasteiger partial charge in [-0.25, -0.2) is 17.8 Å². The van der Waals surface area contributed by atoms with Crippen molar-refractivity contribution < 1.29 is 12.6 Å². The lowest BCUT2D eigenvalue weighted by molar-refractivity contribution is 0.600. The Labute approximate surface area is 112 Å². The van der Waals surface area contributed by atoms with Crippen LogP contribution in [0.5, 0.6) is 0 Å². The summed E-state index contributed by atoms with van der Waals surface area (Å²) < 4.78 is 35.0. The Balaban J connectivity index is 2.38. The van der Waals surface area contributed by atoms with Crippen LogP contribution in [0, 0.1) is 6.92 Å². The van der Waals surface area contributed by atoms with Crippen LogP contribution in [0.1, 0.15) is 5.56 Å². The number of rotatable bonds is 3. The molecule has 0 aliphatic carbocycles. The summed E-state index contributed by atoms with van der Waals surface area (Å²) in [4.78, 5) is 0.651. The lowest BCUT2D eigenvalue weighted by Gasteiger charge is -2.00. The van der Waals surface area contributed by atoms with Crippen LogP contribution >= 0.6 is 11.3 Å². The highest BCUT2D eigenvalue weighted by Crippen LogP contribution is 2.27. The van der Waals surface area contributed by atoms with E-state index in [-0.39, 0.29) is 4.21 Å². The van der Waals surface area contributed by atoms with Crippen LogP contribution in [0.25, 0.3) is 0 Å². The maximum absolute atomic E-state index is 12.2.